The van der Waals surface area contributed by atoms with Crippen LogP contribution < -0.4 is 4.74 Å². The van der Waals surface area contributed by atoms with Crippen molar-refractivity contribution in [3.05, 3.63) is 77.6 Å². The van der Waals surface area contributed by atoms with Crippen molar-refractivity contribution in [2.75, 3.05) is 13.2 Å². The van der Waals surface area contributed by atoms with E-state index in [1.54, 1.807) is 42.7 Å². The SMILES string of the molecule is O=C(c1ccncc1)N1CCCC1c1cc(CCOc2ccccc2F)[nH]n1. The Morgan fingerprint density at radius 3 is 2.89 bits per heavy atom. The molecule has 1 N–H and O–H groups in total. The number of hydrogen-bond acceptors (Lipinski definition) is 4. The highest BCUT2D eigenvalue weighted by molar-refractivity contribution is 5.94. The maximum Gasteiger partial charge on any atom is 0.254 e. The van der Waals surface area contributed by atoms with Crippen molar-refractivity contribution in [1.82, 2.24) is 20.1 Å². The minimum absolute atomic E-state index is 0.00247. The van der Waals surface area contributed by atoms with Crippen LogP contribution in [-0.4, -0.2) is 39.1 Å². The zero-order chi connectivity index (χ0) is 19.3. The first-order valence-corrected chi connectivity index (χ1v) is 9.35. The molecule has 0 spiro atoms. The molecule has 3 heterocycles. The lowest BCUT2D eigenvalue weighted by atomic mass is 10.1. The van der Waals surface area contributed by atoms with Gasteiger partial charge in [-0.3, -0.25) is 14.9 Å². The van der Waals surface area contributed by atoms with Gasteiger partial charge in [0.15, 0.2) is 11.6 Å². The summed E-state index contributed by atoms with van der Waals surface area (Å²) in [6.45, 7) is 1.05. The minimum Gasteiger partial charge on any atom is -0.490 e. The lowest BCUT2D eigenvalue weighted by Crippen LogP contribution is -2.30. The first-order valence-electron chi connectivity index (χ1n) is 9.35. The monoisotopic (exact) mass is 380 g/mol. The maximum absolute atomic E-state index is 13.6. The Labute approximate surface area is 162 Å². The van der Waals surface area contributed by atoms with Gasteiger partial charge < -0.3 is 9.64 Å². The van der Waals surface area contributed by atoms with E-state index in [0.717, 1.165) is 24.2 Å². The normalized spacial score (nSPS) is 16.3. The Bertz CT molecular complexity index is 944. The number of amides is 1. The number of pyridine rings is 1. The third kappa shape index (κ3) is 3.88. The van der Waals surface area contributed by atoms with Gasteiger partial charge in [-0.15, -0.1) is 0 Å². The van der Waals surface area contributed by atoms with Crippen LogP contribution in [0.2, 0.25) is 0 Å². The molecule has 144 valence electrons. The first kappa shape index (κ1) is 18.2. The van der Waals surface area contributed by atoms with E-state index in [1.165, 1.54) is 6.07 Å². The zero-order valence-electron chi connectivity index (χ0n) is 15.3. The molecule has 2 aromatic heterocycles. The summed E-state index contributed by atoms with van der Waals surface area (Å²) < 4.78 is 19.1. The fourth-order valence-electron chi connectivity index (χ4n) is 3.49. The van der Waals surface area contributed by atoms with Gasteiger partial charge in [-0.1, -0.05) is 12.1 Å². The predicted octanol–water partition coefficient (Wildman–Crippen LogP) is 3.54. The molecule has 1 saturated heterocycles. The molecule has 1 fully saturated rings. The van der Waals surface area contributed by atoms with Crippen molar-refractivity contribution in [2.24, 2.45) is 0 Å². The number of rotatable bonds is 6. The Balaban J connectivity index is 1.39. The number of H-pyrrole nitrogens is 1. The van der Waals surface area contributed by atoms with E-state index in [2.05, 4.69) is 15.2 Å². The second kappa shape index (κ2) is 8.21. The highest BCUT2D eigenvalue weighted by atomic mass is 19.1. The highest BCUT2D eigenvalue weighted by Gasteiger charge is 2.32. The molecule has 1 aromatic carbocycles. The van der Waals surface area contributed by atoms with E-state index in [4.69, 9.17) is 4.74 Å². The molecule has 0 bridgehead atoms. The zero-order valence-corrected chi connectivity index (χ0v) is 15.3. The molecule has 0 radical (unpaired) electrons. The van der Waals surface area contributed by atoms with Crippen LogP contribution in [-0.2, 0) is 6.42 Å². The van der Waals surface area contributed by atoms with Crippen molar-refractivity contribution in [2.45, 2.75) is 25.3 Å². The van der Waals surface area contributed by atoms with Crippen molar-refractivity contribution in [1.29, 1.82) is 0 Å². The Hall–Kier alpha value is -3.22. The molecular formula is C21H21FN4O2. The molecule has 1 aliphatic rings. The third-order valence-electron chi connectivity index (χ3n) is 4.90. The molecular weight excluding hydrogens is 359 g/mol. The highest BCUT2D eigenvalue weighted by Crippen LogP contribution is 2.32. The fraction of sp³-hybridized carbons (Fsp3) is 0.286. The fourth-order valence-corrected chi connectivity index (χ4v) is 3.49. The molecule has 0 aliphatic carbocycles. The summed E-state index contributed by atoms with van der Waals surface area (Å²) in [5.41, 5.74) is 2.38. The number of carbonyl (C=O) groups excluding carboxylic acids is 1. The van der Waals surface area contributed by atoms with Gasteiger partial charge in [0.25, 0.3) is 5.91 Å². The molecule has 7 heteroatoms. The average molecular weight is 380 g/mol. The number of nitrogens with one attached hydrogen (secondary N) is 1. The largest absolute Gasteiger partial charge is 0.490 e. The second-order valence-corrected chi connectivity index (χ2v) is 6.74. The summed E-state index contributed by atoms with van der Waals surface area (Å²) in [4.78, 5) is 18.6. The van der Waals surface area contributed by atoms with E-state index in [0.29, 0.717) is 25.1 Å². The van der Waals surface area contributed by atoms with Crippen LogP contribution in [0.25, 0.3) is 0 Å². The van der Waals surface area contributed by atoms with E-state index < -0.39 is 0 Å². The Morgan fingerprint density at radius 1 is 1.25 bits per heavy atom. The van der Waals surface area contributed by atoms with Crippen LogP contribution in [0.4, 0.5) is 4.39 Å². The number of halogens is 1. The summed E-state index contributed by atoms with van der Waals surface area (Å²) in [6.07, 6.45) is 5.65. The molecule has 1 unspecified atom stereocenters. The Morgan fingerprint density at radius 2 is 2.07 bits per heavy atom. The molecule has 4 rings (SSSR count). The number of hydrogen-bond donors (Lipinski definition) is 1. The van der Waals surface area contributed by atoms with Crippen LogP contribution in [0, 0.1) is 5.82 Å². The van der Waals surface area contributed by atoms with E-state index in [-0.39, 0.29) is 23.5 Å². The van der Waals surface area contributed by atoms with E-state index >= 15 is 0 Å². The van der Waals surface area contributed by atoms with Gasteiger partial charge in [0.2, 0.25) is 0 Å². The number of likely N-dealkylation sites (tertiary alicyclic amines) is 1. The second-order valence-electron chi connectivity index (χ2n) is 6.74. The first-order chi connectivity index (χ1) is 13.7. The van der Waals surface area contributed by atoms with Gasteiger partial charge in [-0.2, -0.15) is 5.10 Å². The van der Waals surface area contributed by atoms with E-state index in [9.17, 15) is 9.18 Å². The van der Waals surface area contributed by atoms with Crippen LogP contribution in [0.15, 0.2) is 54.9 Å². The van der Waals surface area contributed by atoms with Gasteiger partial charge in [0, 0.05) is 36.6 Å². The van der Waals surface area contributed by atoms with Gasteiger partial charge in [0.1, 0.15) is 0 Å². The number of benzene rings is 1. The standard InChI is InChI=1S/C21H21FN4O2/c22-17-4-1-2-6-20(17)28-13-9-16-14-18(25-24-16)19-5-3-12-26(19)21(27)15-7-10-23-11-8-15/h1-2,4,6-8,10-11,14,19H,3,5,9,12-13H2,(H,24,25). The molecule has 28 heavy (non-hydrogen) atoms. The predicted molar refractivity (Wildman–Crippen MR) is 101 cm³/mol. The van der Waals surface area contributed by atoms with Crippen molar-refractivity contribution in [3.63, 3.8) is 0 Å². The lowest BCUT2D eigenvalue weighted by Gasteiger charge is -2.23. The summed E-state index contributed by atoms with van der Waals surface area (Å²) in [5, 5.41) is 7.42. The molecule has 3 aromatic rings. The number of carbonyl (C=O) groups is 1. The van der Waals surface area contributed by atoms with Crippen molar-refractivity contribution < 1.29 is 13.9 Å². The number of nitrogens with zero attached hydrogens (tertiary/aromatic N) is 3. The molecule has 0 saturated carbocycles. The number of ether oxygens (including phenoxy) is 1. The average Bonchev–Trinajstić information content (AvgIpc) is 3.39. The van der Waals surface area contributed by atoms with Crippen LogP contribution in [0.5, 0.6) is 5.75 Å². The van der Waals surface area contributed by atoms with Gasteiger partial charge in [0.05, 0.1) is 18.3 Å². The Kier molecular flexibility index (Phi) is 5.32. The summed E-state index contributed by atoms with van der Waals surface area (Å²) in [6, 6.07) is 11.7. The smallest absolute Gasteiger partial charge is 0.254 e. The number of aromatic nitrogens is 3. The molecule has 1 atom stereocenters. The van der Waals surface area contributed by atoms with Crippen molar-refractivity contribution in [3.8, 4) is 5.75 Å². The number of para-hydroxylation sites is 1. The van der Waals surface area contributed by atoms with Gasteiger partial charge in [-0.05, 0) is 43.2 Å². The minimum atomic E-state index is -0.371. The maximum atomic E-state index is 13.6. The molecule has 1 amide bonds. The topological polar surface area (TPSA) is 71.1 Å². The molecule has 1 aliphatic heterocycles. The van der Waals surface area contributed by atoms with Crippen LogP contribution >= 0.6 is 0 Å². The lowest BCUT2D eigenvalue weighted by molar-refractivity contribution is 0.0732. The summed E-state index contributed by atoms with van der Waals surface area (Å²) in [7, 11) is 0. The molecule has 6 nitrogen and oxygen atoms in total. The van der Waals surface area contributed by atoms with Crippen LogP contribution in [0.3, 0.4) is 0 Å². The van der Waals surface area contributed by atoms with Gasteiger partial charge >= 0.3 is 0 Å². The van der Waals surface area contributed by atoms with E-state index in [1.807, 2.05) is 11.0 Å². The number of aromatic amines is 1. The quantitative estimate of drug-likeness (QED) is 0.710. The van der Waals surface area contributed by atoms with Crippen molar-refractivity contribution >= 4 is 5.91 Å². The van der Waals surface area contributed by atoms with Gasteiger partial charge in [-0.25, -0.2) is 4.39 Å². The summed E-state index contributed by atoms with van der Waals surface area (Å²) >= 11 is 0. The third-order valence-corrected chi connectivity index (χ3v) is 4.90. The van der Waals surface area contributed by atoms with Crippen LogP contribution in [0.1, 0.15) is 40.6 Å². The summed E-state index contributed by atoms with van der Waals surface area (Å²) in [5.74, 6) is -0.131.